The Morgan fingerprint density at radius 2 is 1.88 bits per heavy atom. The first kappa shape index (κ1) is 16.8. The number of nitro benzene ring substituents is 1. The van der Waals surface area contributed by atoms with E-state index in [1.165, 1.54) is 12.1 Å². The van der Waals surface area contributed by atoms with Crippen molar-refractivity contribution >= 4 is 17.6 Å². The number of nitrogens with zero attached hydrogens (tertiary/aromatic N) is 4. The quantitative estimate of drug-likeness (QED) is 0.475. The number of hydrazone groups is 1. The fourth-order valence-electron chi connectivity index (χ4n) is 2.81. The van der Waals surface area contributed by atoms with Gasteiger partial charge in [-0.2, -0.15) is 5.10 Å². The molecule has 1 aliphatic rings. The number of rotatable bonds is 5. The molecule has 0 aliphatic carbocycles. The third-order valence-corrected chi connectivity index (χ3v) is 4.13. The summed E-state index contributed by atoms with van der Waals surface area (Å²) in [5.74, 6) is 0.871. The Morgan fingerprint density at radius 1 is 1.12 bits per heavy atom. The van der Waals surface area contributed by atoms with Gasteiger partial charge in [-0.1, -0.05) is 24.3 Å². The van der Waals surface area contributed by atoms with Crippen molar-refractivity contribution in [2.24, 2.45) is 5.10 Å². The highest BCUT2D eigenvalue weighted by atomic mass is 16.6. The lowest BCUT2D eigenvalue weighted by Crippen LogP contribution is -2.44. The Morgan fingerprint density at radius 3 is 2.60 bits per heavy atom. The highest BCUT2D eigenvalue weighted by molar-refractivity contribution is 5.80. The summed E-state index contributed by atoms with van der Waals surface area (Å²) in [6.07, 6.45) is 1.67. The third kappa shape index (κ3) is 4.06. The molecule has 7 heteroatoms. The number of hydrogen-bond donors (Lipinski definition) is 0. The van der Waals surface area contributed by atoms with Crippen LogP contribution in [0.3, 0.4) is 0 Å². The Hall–Kier alpha value is -3.09. The van der Waals surface area contributed by atoms with Crippen LogP contribution in [0.25, 0.3) is 0 Å². The molecule has 0 saturated carbocycles. The lowest BCUT2D eigenvalue weighted by atomic mass is 10.2. The van der Waals surface area contributed by atoms with Crippen LogP contribution >= 0.6 is 0 Å². The number of non-ortho nitro benzene ring substituents is 1. The number of piperazine rings is 1. The van der Waals surface area contributed by atoms with Crippen LogP contribution in [0.4, 0.5) is 11.4 Å². The van der Waals surface area contributed by atoms with E-state index in [-0.39, 0.29) is 5.69 Å². The number of anilines is 1. The Balaban J connectivity index is 1.61. The highest BCUT2D eigenvalue weighted by Gasteiger charge is 2.18. The van der Waals surface area contributed by atoms with Crippen molar-refractivity contribution in [3.05, 3.63) is 64.2 Å². The van der Waals surface area contributed by atoms with Gasteiger partial charge >= 0.3 is 0 Å². The molecule has 1 fully saturated rings. The van der Waals surface area contributed by atoms with Crippen molar-refractivity contribution in [3.63, 3.8) is 0 Å². The van der Waals surface area contributed by atoms with E-state index in [9.17, 15) is 10.1 Å². The molecular weight excluding hydrogens is 320 g/mol. The monoisotopic (exact) mass is 340 g/mol. The van der Waals surface area contributed by atoms with E-state index in [0.29, 0.717) is 0 Å². The molecule has 130 valence electrons. The Bertz CT molecular complexity index is 770. The SMILES string of the molecule is COc1ccccc1N1CCN(N=Cc2cccc([N+](=O)[O-])c2)CC1. The standard InChI is InChI=1S/C18H20N4O3/c1-25-18-8-3-2-7-17(18)20-9-11-21(12-10-20)19-14-15-5-4-6-16(13-15)22(23)24/h2-8,13-14H,9-12H2,1H3. The van der Waals surface area contributed by atoms with Crippen molar-refractivity contribution in [1.29, 1.82) is 0 Å². The second kappa shape index (κ2) is 7.65. The predicted octanol–water partition coefficient (Wildman–Crippen LogP) is 2.76. The van der Waals surface area contributed by atoms with Crippen LogP contribution in [0.15, 0.2) is 53.6 Å². The first-order valence-corrected chi connectivity index (χ1v) is 8.09. The van der Waals surface area contributed by atoms with Crippen molar-refractivity contribution in [2.75, 3.05) is 38.2 Å². The van der Waals surface area contributed by atoms with Crippen molar-refractivity contribution in [3.8, 4) is 5.75 Å². The number of nitro groups is 1. The minimum absolute atomic E-state index is 0.0740. The molecule has 2 aromatic carbocycles. The molecule has 2 aromatic rings. The zero-order chi connectivity index (χ0) is 17.6. The van der Waals surface area contributed by atoms with Gasteiger partial charge in [-0.25, -0.2) is 0 Å². The zero-order valence-corrected chi connectivity index (χ0v) is 14.0. The molecule has 0 spiro atoms. The van der Waals surface area contributed by atoms with Gasteiger partial charge in [-0.05, 0) is 12.1 Å². The zero-order valence-electron chi connectivity index (χ0n) is 14.0. The minimum atomic E-state index is -0.399. The summed E-state index contributed by atoms with van der Waals surface area (Å²) in [5.41, 5.74) is 1.89. The number of methoxy groups -OCH3 is 1. The summed E-state index contributed by atoms with van der Waals surface area (Å²) in [5, 5.41) is 17.2. The Labute approximate surface area is 146 Å². The van der Waals surface area contributed by atoms with Gasteiger partial charge in [-0.15, -0.1) is 0 Å². The van der Waals surface area contributed by atoms with Crippen LogP contribution in [0, 0.1) is 10.1 Å². The first-order valence-electron chi connectivity index (χ1n) is 8.09. The molecule has 1 saturated heterocycles. The number of hydrogen-bond acceptors (Lipinski definition) is 6. The Kier molecular flexibility index (Phi) is 5.13. The van der Waals surface area contributed by atoms with Crippen LogP contribution in [-0.2, 0) is 0 Å². The maximum Gasteiger partial charge on any atom is 0.270 e. The number of ether oxygens (including phenoxy) is 1. The molecule has 25 heavy (non-hydrogen) atoms. The third-order valence-electron chi connectivity index (χ3n) is 4.13. The summed E-state index contributed by atoms with van der Waals surface area (Å²) < 4.78 is 5.42. The molecule has 1 aliphatic heterocycles. The molecule has 0 radical (unpaired) electrons. The van der Waals surface area contributed by atoms with E-state index in [2.05, 4.69) is 16.1 Å². The molecule has 3 rings (SSSR count). The maximum atomic E-state index is 10.8. The fraction of sp³-hybridized carbons (Fsp3) is 0.278. The van der Waals surface area contributed by atoms with E-state index in [4.69, 9.17) is 4.74 Å². The lowest BCUT2D eigenvalue weighted by molar-refractivity contribution is -0.384. The smallest absolute Gasteiger partial charge is 0.270 e. The van der Waals surface area contributed by atoms with Gasteiger partial charge in [0.15, 0.2) is 0 Å². The minimum Gasteiger partial charge on any atom is -0.495 e. The first-order chi connectivity index (χ1) is 12.2. The molecule has 1 heterocycles. The van der Waals surface area contributed by atoms with Gasteiger partial charge in [0, 0.05) is 30.8 Å². The molecule has 0 bridgehead atoms. The van der Waals surface area contributed by atoms with Gasteiger partial charge in [0.25, 0.3) is 5.69 Å². The second-order valence-electron chi connectivity index (χ2n) is 5.71. The van der Waals surface area contributed by atoms with Gasteiger partial charge in [0.1, 0.15) is 5.75 Å². The van der Waals surface area contributed by atoms with E-state index >= 15 is 0 Å². The average Bonchev–Trinajstić information content (AvgIpc) is 2.67. The van der Waals surface area contributed by atoms with Crippen LogP contribution in [0.2, 0.25) is 0 Å². The molecule has 0 aromatic heterocycles. The summed E-state index contributed by atoms with van der Waals surface area (Å²) in [7, 11) is 1.68. The van der Waals surface area contributed by atoms with Crippen LogP contribution in [-0.4, -0.2) is 49.4 Å². The summed E-state index contributed by atoms with van der Waals surface area (Å²) in [4.78, 5) is 12.7. The van der Waals surface area contributed by atoms with E-state index in [0.717, 1.165) is 43.2 Å². The van der Waals surface area contributed by atoms with Crippen molar-refractivity contribution in [1.82, 2.24) is 5.01 Å². The van der Waals surface area contributed by atoms with Crippen LogP contribution in [0.5, 0.6) is 5.75 Å². The van der Waals surface area contributed by atoms with Gasteiger partial charge in [-0.3, -0.25) is 15.1 Å². The fourth-order valence-corrected chi connectivity index (χ4v) is 2.81. The summed E-state index contributed by atoms with van der Waals surface area (Å²) in [6, 6.07) is 14.5. The number of benzene rings is 2. The maximum absolute atomic E-state index is 10.8. The van der Waals surface area contributed by atoms with Gasteiger partial charge < -0.3 is 9.64 Å². The molecule has 0 atom stereocenters. The number of para-hydroxylation sites is 2. The molecule has 0 unspecified atom stereocenters. The molecular formula is C18H20N4O3. The largest absolute Gasteiger partial charge is 0.495 e. The second-order valence-corrected chi connectivity index (χ2v) is 5.71. The average molecular weight is 340 g/mol. The molecule has 0 amide bonds. The van der Waals surface area contributed by atoms with Crippen molar-refractivity contribution < 1.29 is 9.66 Å². The summed E-state index contributed by atoms with van der Waals surface area (Å²) in [6.45, 7) is 3.24. The molecule has 7 nitrogen and oxygen atoms in total. The van der Waals surface area contributed by atoms with Gasteiger partial charge in [0.05, 0.1) is 37.0 Å². The van der Waals surface area contributed by atoms with E-state index in [1.54, 1.807) is 19.4 Å². The van der Waals surface area contributed by atoms with Gasteiger partial charge in [0.2, 0.25) is 0 Å². The molecule has 0 N–H and O–H groups in total. The van der Waals surface area contributed by atoms with E-state index < -0.39 is 4.92 Å². The highest BCUT2D eigenvalue weighted by Crippen LogP contribution is 2.28. The van der Waals surface area contributed by atoms with Crippen molar-refractivity contribution in [2.45, 2.75) is 0 Å². The van der Waals surface area contributed by atoms with Crippen LogP contribution in [0.1, 0.15) is 5.56 Å². The lowest BCUT2D eigenvalue weighted by Gasteiger charge is -2.35. The normalized spacial score (nSPS) is 14.8. The summed E-state index contributed by atoms with van der Waals surface area (Å²) >= 11 is 0. The topological polar surface area (TPSA) is 71.2 Å². The van der Waals surface area contributed by atoms with Crippen LogP contribution < -0.4 is 9.64 Å². The predicted molar refractivity (Wildman–Crippen MR) is 97.5 cm³/mol. The van der Waals surface area contributed by atoms with E-state index in [1.807, 2.05) is 29.3 Å².